The molecule has 0 saturated carbocycles. The summed E-state index contributed by atoms with van der Waals surface area (Å²) < 4.78 is 0. The van der Waals surface area contributed by atoms with Gasteiger partial charge in [-0.3, -0.25) is 0 Å². The largest absolute Gasteiger partial charge is 0.550 e. The smallest absolute Gasteiger partial charge is 0.122 e. The maximum Gasteiger partial charge on any atom is 0.122 e. The van der Waals surface area contributed by atoms with Gasteiger partial charge >= 0.3 is 0 Å². The minimum atomic E-state index is -0.949. The first-order valence-corrected chi connectivity index (χ1v) is 5.82. The summed E-state index contributed by atoms with van der Waals surface area (Å²) in [6.45, 7) is 1.94. The lowest BCUT2D eigenvalue weighted by molar-refractivity contribution is -0.305. The molecule has 0 spiro atoms. The summed E-state index contributed by atoms with van der Waals surface area (Å²) in [6, 6.07) is 0. The number of hydrogen-bond donors (Lipinski definition) is 0. The molecule has 88 valence electrons. The van der Waals surface area contributed by atoms with Crippen LogP contribution in [-0.2, 0) is 9.59 Å². The van der Waals surface area contributed by atoms with Crippen molar-refractivity contribution in [2.75, 3.05) is 0 Å². The second-order valence-corrected chi connectivity index (χ2v) is 4.15. The Labute approximate surface area is 91.9 Å². The third kappa shape index (κ3) is 11.1. The third-order valence-corrected chi connectivity index (χ3v) is 2.52. The first-order valence-electron chi connectivity index (χ1n) is 5.82. The van der Waals surface area contributed by atoms with Gasteiger partial charge in [-0.2, -0.15) is 0 Å². The van der Waals surface area contributed by atoms with Crippen LogP contribution < -0.4 is 5.11 Å². The van der Waals surface area contributed by atoms with E-state index in [0.29, 0.717) is 0 Å². The Morgan fingerprint density at radius 2 is 1.67 bits per heavy atom. The van der Waals surface area contributed by atoms with E-state index in [0.717, 1.165) is 51.2 Å². The molecule has 0 aliphatic rings. The predicted octanol–water partition coefficient (Wildman–Crippen LogP) is 1.69. The minimum Gasteiger partial charge on any atom is -0.550 e. The van der Waals surface area contributed by atoms with Crippen molar-refractivity contribution in [2.45, 2.75) is 58.3 Å². The van der Waals surface area contributed by atoms with Crippen LogP contribution in [0.25, 0.3) is 0 Å². The number of rotatable bonds is 10. The maximum atomic E-state index is 10.3. The van der Waals surface area contributed by atoms with Gasteiger partial charge < -0.3 is 14.7 Å². The highest BCUT2D eigenvalue weighted by Crippen LogP contribution is 2.11. The van der Waals surface area contributed by atoms with E-state index in [-0.39, 0.29) is 12.3 Å². The van der Waals surface area contributed by atoms with Gasteiger partial charge in [-0.05, 0) is 19.3 Å². The fourth-order valence-corrected chi connectivity index (χ4v) is 1.51. The number of carboxylic acids is 1. The summed E-state index contributed by atoms with van der Waals surface area (Å²) in [7, 11) is 0. The number of carbonyl (C=O) groups is 2. The quantitative estimate of drug-likeness (QED) is 0.410. The topological polar surface area (TPSA) is 57.2 Å². The molecule has 0 saturated heterocycles. The highest BCUT2D eigenvalue weighted by atomic mass is 16.4. The van der Waals surface area contributed by atoms with Gasteiger partial charge in [-0.1, -0.05) is 39.0 Å². The lowest BCUT2D eigenvalue weighted by Crippen LogP contribution is -2.21. The molecule has 0 fully saturated rings. The maximum absolute atomic E-state index is 10.3. The van der Waals surface area contributed by atoms with Crippen molar-refractivity contribution in [2.24, 2.45) is 5.92 Å². The summed E-state index contributed by atoms with van der Waals surface area (Å²) in [4.78, 5) is 20.4. The summed E-state index contributed by atoms with van der Waals surface area (Å²) in [5.41, 5.74) is 0. The molecule has 0 aliphatic heterocycles. The number of carbonyl (C=O) groups excluding carboxylic acids is 2. The number of unbranched alkanes of at least 4 members (excludes halogenated alkanes) is 5. The zero-order valence-corrected chi connectivity index (χ0v) is 9.54. The number of carboxylic acid groups (broad SMARTS) is 1. The zero-order valence-electron chi connectivity index (χ0n) is 9.54. The van der Waals surface area contributed by atoms with Crippen molar-refractivity contribution in [1.82, 2.24) is 0 Å². The second kappa shape index (κ2) is 9.69. The normalized spacial score (nSPS) is 12.3. The summed E-state index contributed by atoms with van der Waals surface area (Å²) in [5.74, 6) is -0.766. The molecule has 0 bridgehead atoms. The molecule has 0 aliphatic carbocycles. The molecule has 0 rings (SSSR count). The molecular formula is C12H21O3-. The van der Waals surface area contributed by atoms with Crippen LogP contribution in [0.5, 0.6) is 0 Å². The Bertz CT molecular complexity index is 178. The van der Waals surface area contributed by atoms with E-state index in [2.05, 4.69) is 0 Å². The Morgan fingerprint density at radius 1 is 1.13 bits per heavy atom. The molecule has 15 heavy (non-hydrogen) atoms. The molecular weight excluding hydrogens is 192 g/mol. The SMILES string of the molecule is CC(C=O)CCCCCCCCC(=O)[O-]. The van der Waals surface area contributed by atoms with Crippen molar-refractivity contribution < 1.29 is 14.7 Å². The van der Waals surface area contributed by atoms with Crippen molar-refractivity contribution in [1.29, 1.82) is 0 Å². The van der Waals surface area contributed by atoms with Crippen LogP contribution in [0.2, 0.25) is 0 Å². The fourth-order valence-electron chi connectivity index (χ4n) is 1.51. The summed E-state index contributed by atoms with van der Waals surface area (Å²) in [5, 5.41) is 10.1. The molecule has 0 heterocycles. The van der Waals surface area contributed by atoms with Crippen LogP contribution in [0.1, 0.15) is 58.3 Å². The van der Waals surface area contributed by atoms with E-state index in [9.17, 15) is 14.7 Å². The third-order valence-electron chi connectivity index (χ3n) is 2.52. The van der Waals surface area contributed by atoms with Gasteiger partial charge in [-0.15, -0.1) is 0 Å². The van der Waals surface area contributed by atoms with Gasteiger partial charge in [0.1, 0.15) is 6.29 Å². The van der Waals surface area contributed by atoms with E-state index in [1.54, 1.807) is 0 Å². The lowest BCUT2D eigenvalue weighted by atomic mass is 10.0. The number of aliphatic carboxylic acids is 1. The Hall–Kier alpha value is -0.860. The van der Waals surface area contributed by atoms with Crippen molar-refractivity contribution in [3.8, 4) is 0 Å². The van der Waals surface area contributed by atoms with E-state index < -0.39 is 5.97 Å². The zero-order chi connectivity index (χ0) is 11.5. The number of hydrogen-bond acceptors (Lipinski definition) is 3. The Balaban J connectivity index is 3.05. The van der Waals surface area contributed by atoms with Crippen LogP contribution in [0.3, 0.4) is 0 Å². The monoisotopic (exact) mass is 213 g/mol. The Kier molecular flexibility index (Phi) is 9.13. The number of aldehydes is 1. The molecule has 3 nitrogen and oxygen atoms in total. The van der Waals surface area contributed by atoms with E-state index in [1.165, 1.54) is 0 Å². The van der Waals surface area contributed by atoms with Crippen LogP contribution in [-0.4, -0.2) is 12.3 Å². The summed E-state index contributed by atoms with van der Waals surface area (Å²) >= 11 is 0. The van der Waals surface area contributed by atoms with Gasteiger partial charge in [-0.25, -0.2) is 0 Å². The van der Waals surface area contributed by atoms with Gasteiger partial charge in [0.2, 0.25) is 0 Å². The van der Waals surface area contributed by atoms with Gasteiger partial charge in [0.05, 0.1) is 0 Å². The fraction of sp³-hybridized carbons (Fsp3) is 0.833. The van der Waals surface area contributed by atoms with Crippen molar-refractivity contribution in [3.63, 3.8) is 0 Å². The highest BCUT2D eigenvalue weighted by molar-refractivity contribution is 5.64. The predicted molar refractivity (Wildman–Crippen MR) is 57.2 cm³/mol. The standard InChI is InChI=1S/C12H22O3/c1-11(10-13)8-6-4-2-3-5-7-9-12(14)15/h10-11H,2-9H2,1H3,(H,14,15)/p-1. The van der Waals surface area contributed by atoms with Gasteiger partial charge in [0, 0.05) is 11.9 Å². The average Bonchev–Trinajstić information content (AvgIpc) is 2.21. The van der Waals surface area contributed by atoms with Crippen molar-refractivity contribution in [3.05, 3.63) is 0 Å². The molecule has 1 atom stereocenters. The molecule has 1 unspecified atom stereocenters. The first kappa shape index (κ1) is 14.1. The minimum absolute atomic E-state index is 0.183. The highest BCUT2D eigenvalue weighted by Gasteiger charge is 1.98. The Morgan fingerprint density at radius 3 is 2.20 bits per heavy atom. The van der Waals surface area contributed by atoms with Crippen LogP contribution in [0, 0.1) is 5.92 Å². The van der Waals surface area contributed by atoms with E-state index in [1.807, 2.05) is 6.92 Å². The molecule has 0 radical (unpaired) electrons. The van der Waals surface area contributed by atoms with Crippen LogP contribution >= 0.6 is 0 Å². The average molecular weight is 213 g/mol. The van der Waals surface area contributed by atoms with E-state index in [4.69, 9.17) is 0 Å². The lowest BCUT2D eigenvalue weighted by Gasteiger charge is -2.04. The summed E-state index contributed by atoms with van der Waals surface area (Å²) in [6.07, 6.45) is 8.32. The van der Waals surface area contributed by atoms with Crippen molar-refractivity contribution >= 4 is 12.3 Å². The molecule has 0 aromatic heterocycles. The van der Waals surface area contributed by atoms with E-state index >= 15 is 0 Å². The van der Waals surface area contributed by atoms with Gasteiger partial charge in [0.15, 0.2) is 0 Å². The molecule has 0 N–H and O–H groups in total. The molecule has 0 aromatic rings. The van der Waals surface area contributed by atoms with Crippen LogP contribution in [0.15, 0.2) is 0 Å². The molecule has 0 aromatic carbocycles. The molecule has 0 amide bonds. The second-order valence-electron chi connectivity index (χ2n) is 4.15. The first-order chi connectivity index (χ1) is 7.16. The van der Waals surface area contributed by atoms with Gasteiger partial charge in [0.25, 0.3) is 0 Å². The van der Waals surface area contributed by atoms with Crippen LogP contribution in [0.4, 0.5) is 0 Å². The molecule has 3 heteroatoms.